The van der Waals surface area contributed by atoms with E-state index in [0.29, 0.717) is 5.70 Å². The van der Waals surface area contributed by atoms with E-state index in [1.54, 1.807) is 7.05 Å². The Morgan fingerprint density at radius 1 is 1.38 bits per heavy atom. The number of Topliss-reactive ketones (excluding diaryl/α,β-unsaturated/α-hetero) is 1. The van der Waals surface area contributed by atoms with Gasteiger partial charge in [-0.15, -0.1) is 0 Å². The Hall–Kier alpha value is -2.29. The average Bonchev–Trinajstić information content (AvgIpc) is 2.82. The average molecular weight is 345 g/mol. The van der Waals surface area contributed by atoms with Crippen molar-refractivity contribution in [3.63, 3.8) is 0 Å². The molecule has 1 aromatic rings. The minimum atomic E-state index is -5.08. The molecule has 0 saturated heterocycles. The molecule has 2 N–H and O–H groups in total. The van der Waals surface area contributed by atoms with Gasteiger partial charge in [0.15, 0.2) is 0 Å². The molecule has 0 amide bonds. The summed E-state index contributed by atoms with van der Waals surface area (Å²) in [6, 6.07) is 0.245. The summed E-state index contributed by atoms with van der Waals surface area (Å²) >= 11 is 0. The minimum absolute atomic E-state index is 0.114. The van der Waals surface area contributed by atoms with Crippen LogP contribution < -0.4 is 5.32 Å². The molecule has 2 aliphatic rings. The molecule has 0 fully saturated rings. The fraction of sp³-hybridized carbons (Fsp3) is 0.467. The van der Waals surface area contributed by atoms with Crippen molar-refractivity contribution in [3.05, 3.63) is 34.8 Å². The Bertz CT molecular complexity index is 707. The van der Waals surface area contributed by atoms with E-state index in [4.69, 9.17) is 9.90 Å². The van der Waals surface area contributed by atoms with Crippen LogP contribution in [0.25, 0.3) is 0 Å². The zero-order valence-electron chi connectivity index (χ0n) is 13.4. The summed E-state index contributed by atoms with van der Waals surface area (Å²) in [5, 5.41) is 10.1. The summed E-state index contributed by atoms with van der Waals surface area (Å²) in [6.07, 6.45) is 0.106. The zero-order chi connectivity index (χ0) is 18.2. The number of nitrogens with zero attached hydrogens (tertiary/aromatic N) is 2. The topological polar surface area (TPSA) is 74.6 Å². The van der Waals surface area contributed by atoms with E-state index in [2.05, 4.69) is 23.5 Å². The SMILES string of the molecule is CNC1=CC2c3c(cn(C)c3C1=O)CCN2C.O=C(O)C(F)(F)F. The molecule has 2 heterocycles. The first-order valence-corrected chi connectivity index (χ1v) is 7.20. The number of carbonyl (C=O) groups excluding carboxylic acids is 1. The fourth-order valence-corrected chi connectivity index (χ4v) is 2.95. The van der Waals surface area contributed by atoms with Gasteiger partial charge in [-0.05, 0) is 25.1 Å². The number of likely N-dealkylation sites (N-methyl/N-ethyl adjacent to an activating group) is 2. The summed E-state index contributed by atoms with van der Waals surface area (Å²) in [5.74, 6) is -2.64. The van der Waals surface area contributed by atoms with Gasteiger partial charge in [0.25, 0.3) is 0 Å². The van der Waals surface area contributed by atoms with Crippen LogP contribution in [-0.4, -0.2) is 53.1 Å². The number of rotatable bonds is 1. The molecule has 0 aromatic carbocycles. The van der Waals surface area contributed by atoms with Crippen molar-refractivity contribution in [2.75, 3.05) is 20.6 Å². The maximum absolute atomic E-state index is 12.3. The second-order valence-corrected chi connectivity index (χ2v) is 5.67. The molecule has 1 aromatic heterocycles. The van der Waals surface area contributed by atoms with E-state index in [1.807, 2.05) is 17.7 Å². The van der Waals surface area contributed by atoms with Gasteiger partial charge in [-0.3, -0.25) is 9.69 Å². The summed E-state index contributed by atoms with van der Waals surface area (Å²) in [4.78, 5) is 23.5. The van der Waals surface area contributed by atoms with Crippen LogP contribution in [-0.2, 0) is 18.3 Å². The summed E-state index contributed by atoms with van der Waals surface area (Å²) in [5.41, 5.74) is 4.10. The van der Waals surface area contributed by atoms with Gasteiger partial charge in [0.05, 0.1) is 17.4 Å². The van der Waals surface area contributed by atoms with Crippen molar-refractivity contribution in [2.24, 2.45) is 7.05 Å². The van der Waals surface area contributed by atoms with Gasteiger partial charge in [0.2, 0.25) is 5.78 Å². The van der Waals surface area contributed by atoms with Gasteiger partial charge in [0.1, 0.15) is 0 Å². The summed E-state index contributed by atoms with van der Waals surface area (Å²) in [7, 11) is 5.88. The number of ketones is 1. The largest absolute Gasteiger partial charge is 0.490 e. The van der Waals surface area contributed by atoms with Gasteiger partial charge in [-0.25, -0.2) is 4.79 Å². The molecule has 0 spiro atoms. The van der Waals surface area contributed by atoms with Crippen molar-refractivity contribution in [2.45, 2.75) is 18.6 Å². The number of aliphatic carboxylic acids is 1. The second kappa shape index (κ2) is 6.31. The van der Waals surface area contributed by atoms with Crippen molar-refractivity contribution >= 4 is 11.8 Å². The highest BCUT2D eigenvalue weighted by molar-refractivity contribution is 6.10. The third-order valence-corrected chi connectivity index (χ3v) is 4.10. The number of aryl methyl sites for hydroxylation is 1. The van der Waals surface area contributed by atoms with E-state index in [-0.39, 0.29) is 11.8 Å². The van der Waals surface area contributed by atoms with Gasteiger partial charge in [0, 0.05) is 32.4 Å². The lowest BCUT2D eigenvalue weighted by Gasteiger charge is -2.34. The van der Waals surface area contributed by atoms with Gasteiger partial charge < -0.3 is 15.0 Å². The van der Waals surface area contributed by atoms with Crippen molar-refractivity contribution in [1.82, 2.24) is 14.8 Å². The molecule has 3 rings (SSSR count). The molecule has 1 aliphatic heterocycles. The van der Waals surface area contributed by atoms with Crippen LogP contribution in [0, 0.1) is 0 Å². The van der Waals surface area contributed by atoms with Crippen molar-refractivity contribution in [3.8, 4) is 0 Å². The lowest BCUT2D eigenvalue weighted by molar-refractivity contribution is -0.192. The number of halogens is 3. The summed E-state index contributed by atoms with van der Waals surface area (Å²) in [6.45, 7) is 1.04. The highest BCUT2D eigenvalue weighted by Crippen LogP contribution is 2.37. The number of hydrogen-bond donors (Lipinski definition) is 2. The van der Waals surface area contributed by atoms with Crippen molar-refractivity contribution < 1.29 is 27.9 Å². The van der Waals surface area contributed by atoms with Crippen molar-refractivity contribution in [1.29, 1.82) is 0 Å². The van der Waals surface area contributed by atoms with Crippen LogP contribution in [0.4, 0.5) is 13.2 Å². The molecule has 0 bridgehead atoms. The van der Waals surface area contributed by atoms with E-state index < -0.39 is 12.1 Å². The predicted molar refractivity (Wildman–Crippen MR) is 79.7 cm³/mol. The lowest BCUT2D eigenvalue weighted by atomic mass is 9.88. The molecular weight excluding hydrogens is 327 g/mol. The number of carboxylic acids is 1. The maximum atomic E-state index is 12.3. The Balaban J connectivity index is 0.000000256. The van der Waals surface area contributed by atoms with Crippen LogP contribution in [0.15, 0.2) is 18.0 Å². The minimum Gasteiger partial charge on any atom is -0.475 e. The molecule has 6 nitrogen and oxygen atoms in total. The maximum Gasteiger partial charge on any atom is 0.490 e. The highest BCUT2D eigenvalue weighted by Gasteiger charge is 2.38. The monoisotopic (exact) mass is 345 g/mol. The number of aromatic nitrogens is 1. The van der Waals surface area contributed by atoms with Gasteiger partial charge >= 0.3 is 12.1 Å². The van der Waals surface area contributed by atoms with Crippen LogP contribution in [0.1, 0.15) is 27.7 Å². The van der Waals surface area contributed by atoms with Crippen LogP contribution >= 0.6 is 0 Å². The molecule has 132 valence electrons. The van der Waals surface area contributed by atoms with E-state index in [0.717, 1.165) is 18.7 Å². The molecule has 0 saturated carbocycles. The predicted octanol–water partition coefficient (Wildman–Crippen LogP) is 1.49. The number of hydrogen-bond acceptors (Lipinski definition) is 4. The Morgan fingerprint density at radius 3 is 2.46 bits per heavy atom. The zero-order valence-corrected chi connectivity index (χ0v) is 13.4. The number of nitrogens with one attached hydrogen (secondary N) is 1. The molecule has 1 unspecified atom stereocenters. The van der Waals surface area contributed by atoms with Crippen LogP contribution in [0.2, 0.25) is 0 Å². The quantitative estimate of drug-likeness (QED) is 0.807. The fourth-order valence-electron chi connectivity index (χ4n) is 2.95. The molecule has 1 atom stereocenters. The molecule has 1 aliphatic carbocycles. The van der Waals surface area contributed by atoms with E-state index in [9.17, 15) is 18.0 Å². The first-order valence-electron chi connectivity index (χ1n) is 7.20. The standard InChI is InChI=1S/C13H17N3O.C2HF3O2/c1-14-9-6-10-11-8(4-5-15(10)2)7-16(3)12(11)13(9)17;3-2(4,5)1(6)7/h6-7,10,14H,4-5H2,1-3H3;(H,6,7). The van der Waals surface area contributed by atoms with Crippen LogP contribution in [0.3, 0.4) is 0 Å². The first-order chi connectivity index (χ1) is 11.1. The number of carboxylic acid groups (broad SMARTS) is 1. The Morgan fingerprint density at radius 2 is 1.96 bits per heavy atom. The third-order valence-electron chi connectivity index (χ3n) is 4.10. The number of carbonyl (C=O) groups is 2. The molecule has 24 heavy (non-hydrogen) atoms. The van der Waals surface area contributed by atoms with E-state index >= 15 is 0 Å². The number of allylic oxidation sites excluding steroid dienone is 1. The van der Waals surface area contributed by atoms with Crippen LogP contribution in [0.5, 0.6) is 0 Å². The molecule has 0 radical (unpaired) electrons. The normalized spacial score (nSPS) is 19.8. The lowest BCUT2D eigenvalue weighted by Crippen LogP contribution is -2.36. The van der Waals surface area contributed by atoms with Gasteiger partial charge in [-0.1, -0.05) is 0 Å². The summed E-state index contributed by atoms with van der Waals surface area (Å²) < 4.78 is 33.7. The number of alkyl halides is 3. The molecule has 9 heteroatoms. The first kappa shape index (κ1) is 18.1. The highest BCUT2D eigenvalue weighted by atomic mass is 19.4. The second-order valence-electron chi connectivity index (χ2n) is 5.67. The van der Waals surface area contributed by atoms with E-state index in [1.165, 1.54) is 11.1 Å². The third kappa shape index (κ3) is 3.16. The smallest absolute Gasteiger partial charge is 0.475 e. The molecular formula is C15H18F3N3O3. The van der Waals surface area contributed by atoms with Gasteiger partial charge in [-0.2, -0.15) is 13.2 Å². The Labute approximate surface area is 136 Å². The Kier molecular flexibility index (Phi) is 4.75.